The van der Waals surface area contributed by atoms with Crippen molar-refractivity contribution < 1.29 is 23.2 Å². The average molecular weight is 428 g/mol. The number of hydrogen-bond donors (Lipinski definition) is 1. The van der Waals surface area contributed by atoms with Crippen molar-refractivity contribution in [2.75, 3.05) is 24.5 Å². The molecule has 0 aliphatic carbocycles. The molecule has 2 aromatic rings. The molecule has 0 bridgehead atoms. The highest BCUT2D eigenvalue weighted by atomic mass is 19.1. The lowest BCUT2D eigenvalue weighted by Crippen LogP contribution is -2.48. The number of carbonyl (C=O) groups is 3. The fourth-order valence-electron chi connectivity index (χ4n) is 4.05. The Balaban J connectivity index is 1.30. The van der Waals surface area contributed by atoms with E-state index in [1.807, 2.05) is 0 Å². The van der Waals surface area contributed by atoms with Gasteiger partial charge in [-0.2, -0.15) is 0 Å². The van der Waals surface area contributed by atoms with Gasteiger partial charge < -0.3 is 15.1 Å². The van der Waals surface area contributed by atoms with Crippen molar-refractivity contribution in [2.24, 2.45) is 5.92 Å². The molecule has 0 radical (unpaired) electrons. The van der Waals surface area contributed by atoms with Gasteiger partial charge in [0.25, 0.3) is 5.91 Å². The fraction of sp³-hybridized carbons (Fsp3) is 0.364. The molecule has 2 saturated heterocycles. The summed E-state index contributed by atoms with van der Waals surface area (Å²) in [5.41, 5.74) is 0.691. The lowest BCUT2D eigenvalue weighted by Gasteiger charge is -2.33. The number of aromatic nitrogens is 1. The Kier molecular flexibility index (Phi) is 5.92. The van der Waals surface area contributed by atoms with Crippen LogP contribution in [0.4, 0.5) is 14.5 Å². The largest absolute Gasteiger partial charge is 0.353 e. The van der Waals surface area contributed by atoms with Gasteiger partial charge in [-0.3, -0.25) is 19.4 Å². The quantitative estimate of drug-likeness (QED) is 0.809. The lowest BCUT2D eigenvalue weighted by atomic mass is 10.0. The molecule has 4 rings (SSSR count). The molecule has 0 spiro atoms. The number of hydrogen-bond acceptors (Lipinski definition) is 4. The van der Waals surface area contributed by atoms with Gasteiger partial charge in [-0.1, -0.05) is 0 Å². The molecular formula is C22H22F2N4O3. The van der Waals surface area contributed by atoms with Gasteiger partial charge in [0.1, 0.15) is 11.6 Å². The van der Waals surface area contributed by atoms with Gasteiger partial charge in [-0.25, -0.2) is 8.78 Å². The molecule has 3 amide bonds. The first-order valence-electron chi connectivity index (χ1n) is 10.2. The number of pyridine rings is 1. The van der Waals surface area contributed by atoms with Crippen LogP contribution >= 0.6 is 0 Å². The Morgan fingerprint density at radius 3 is 2.32 bits per heavy atom. The molecule has 162 valence electrons. The van der Waals surface area contributed by atoms with E-state index in [2.05, 4.69) is 10.3 Å². The molecule has 9 heteroatoms. The first-order valence-corrected chi connectivity index (χ1v) is 10.2. The lowest BCUT2D eigenvalue weighted by molar-refractivity contribution is -0.127. The van der Waals surface area contributed by atoms with Crippen LogP contribution in [0.2, 0.25) is 0 Å². The van der Waals surface area contributed by atoms with Gasteiger partial charge in [-0.05, 0) is 37.1 Å². The Morgan fingerprint density at radius 1 is 1.03 bits per heavy atom. The molecule has 1 aromatic heterocycles. The van der Waals surface area contributed by atoms with Crippen molar-refractivity contribution in [3.8, 4) is 0 Å². The van der Waals surface area contributed by atoms with Gasteiger partial charge in [-0.15, -0.1) is 0 Å². The van der Waals surface area contributed by atoms with Crippen molar-refractivity contribution in [2.45, 2.75) is 25.3 Å². The van der Waals surface area contributed by atoms with Gasteiger partial charge in [0.2, 0.25) is 11.8 Å². The highest BCUT2D eigenvalue weighted by Crippen LogP contribution is 2.27. The minimum Gasteiger partial charge on any atom is -0.353 e. The summed E-state index contributed by atoms with van der Waals surface area (Å²) in [5.74, 6) is -2.80. The summed E-state index contributed by atoms with van der Waals surface area (Å²) in [4.78, 5) is 44.4. The zero-order chi connectivity index (χ0) is 22.0. The van der Waals surface area contributed by atoms with Crippen LogP contribution in [0, 0.1) is 17.6 Å². The Morgan fingerprint density at radius 2 is 1.68 bits per heavy atom. The van der Waals surface area contributed by atoms with Gasteiger partial charge in [0.15, 0.2) is 0 Å². The maximum Gasteiger partial charge on any atom is 0.253 e. The number of benzene rings is 1. The number of likely N-dealkylation sites (tertiary alicyclic amines) is 1. The highest BCUT2D eigenvalue weighted by molar-refractivity contribution is 6.00. The summed E-state index contributed by atoms with van der Waals surface area (Å²) < 4.78 is 27.0. The van der Waals surface area contributed by atoms with E-state index in [0.717, 1.165) is 18.2 Å². The molecule has 2 aliphatic heterocycles. The van der Waals surface area contributed by atoms with Crippen LogP contribution < -0.4 is 10.2 Å². The molecule has 2 fully saturated rings. The first-order chi connectivity index (χ1) is 14.9. The Hall–Kier alpha value is -3.36. The van der Waals surface area contributed by atoms with Crippen LogP contribution in [-0.2, 0) is 9.59 Å². The van der Waals surface area contributed by atoms with Crippen LogP contribution in [-0.4, -0.2) is 53.3 Å². The van der Waals surface area contributed by atoms with Crippen molar-refractivity contribution in [3.05, 3.63) is 59.9 Å². The molecule has 1 N–H and O–H groups in total. The molecule has 1 aromatic carbocycles. The zero-order valence-corrected chi connectivity index (χ0v) is 16.8. The van der Waals surface area contributed by atoms with E-state index in [9.17, 15) is 23.2 Å². The van der Waals surface area contributed by atoms with Crippen LogP contribution in [0.25, 0.3) is 0 Å². The van der Waals surface area contributed by atoms with E-state index in [4.69, 9.17) is 0 Å². The normalized spacial score (nSPS) is 19.5. The summed E-state index contributed by atoms with van der Waals surface area (Å²) >= 11 is 0. The number of piperidine rings is 1. The Bertz CT molecular complexity index is 973. The summed E-state index contributed by atoms with van der Waals surface area (Å²) in [6.45, 7) is 1.11. The molecule has 3 heterocycles. The molecule has 2 aliphatic rings. The van der Waals surface area contributed by atoms with E-state index in [-0.39, 0.29) is 42.4 Å². The van der Waals surface area contributed by atoms with Crippen LogP contribution in [0.1, 0.15) is 29.6 Å². The average Bonchev–Trinajstić information content (AvgIpc) is 3.15. The van der Waals surface area contributed by atoms with Crippen molar-refractivity contribution >= 4 is 23.4 Å². The number of carbonyl (C=O) groups excluding carboxylic acids is 3. The summed E-state index contributed by atoms with van der Waals surface area (Å²) in [6.07, 6.45) is 4.36. The number of anilines is 1. The summed E-state index contributed by atoms with van der Waals surface area (Å²) in [6, 6.07) is 6.14. The SMILES string of the molecule is O=C(NC1CCN(C(=O)c2ccncc2)CC1)C1CC(=O)N(c2cc(F)cc(F)c2)C1. The second-order valence-electron chi connectivity index (χ2n) is 7.84. The van der Waals surface area contributed by atoms with Gasteiger partial charge in [0.05, 0.1) is 5.92 Å². The standard InChI is InChI=1S/C22H22F2N4O3/c23-16-10-17(24)12-19(11-16)28-13-15(9-20(28)29)21(30)26-18-3-7-27(8-4-18)22(31)14-1-5-25-6-2-14/h1-2,5-6,10-12,15,18H,3-4,7-9,13H2,(H,26,30). The molecule has 7 nitrogen and oxygen atoms in total. The van der Waals surface area contributed by atoms with E-state index in [0.29, 0.717) is 31.5 Å². The molecule has 1 atom stereocenters. The number of amides is 3. The monoisotopic (exact) mass is 428 g/mol. The third-order valence-electron chi connectivity index (χ3n) is 5.71. The minimum absolute atomic E-state index is 0.0106. The second kappa shape index (κ2) is 8.79. The number of nitrogens with one attached hydrogen (secondary N) is 1. The molecule has 1 unspecified atom stereocenters. The van der Waals surface area contributed by atoms with Crippen molar-refractivity contribution in [1.82, 2.24) is 15.2 Å². The van der Waals surface area contributed by atoms with Crippen LogP contribution in [0.5, 0.6) is 0 Å². The van der Waals surface area contributed by atoms with Crippen LogP contribution in [0.3, 0.4) is 0 Å². The van der Waals surface area contributed by atoms with E-state index in [1.165, 1.54) is 4.90 Å². The van der Waals surface area contributed by atoms with Crippen molar-refractivity contribution in [1.29, 1.82) is 0 Å². The third kappa shape index (κ3) is 4.70. The fourth-order valence-corrected chi connectivity index (χ4v) is 4.05. The third-order valence-corrected chi connectivity index (χ3v) is 5.71. The minimum atomic E-state index is -0.774. The Labute approximate surface area is 178 Å². The zero-order valence-electron chi connectivity index (χ0n) is 16.8. The van der Waals surface area contributed by atoms with E-state index >= 15 is 0 Å². The first kappa shape index (κ1) is 20.9. The number of halogens is 2. The number of rotatable bonds is 4. The molecule has 31 heavy (non-hydrogen) atoms. The smallest absolute Gasteiger partial charge is 0.253 e. The van der Waals surface area contributed by atoms with Gasteiger partial charge in [0, 0.05) is 61.8 Å². The maximum absolute atomic E-state index is 13.5. The summed E-state index contributed by atoms with van der Waals surface area (Å²) in [5, 5.41) is 2.96. The van der Waals surface area contributed by atoms with Crippen molar-refractivity contribution in [3.63, 3.8) is 0 Å². The molecular weight excluding hydrogens is 406 g/mol. The predicted molar refractivity (Wildman–Crippen MR) is 108 cm³/mol. The second-order valence-corrected chi connectivity index (χ2v) is 7.84. The maximum atomic E-state index is 13.5. The topological polar surface area (TPSA) is 82.6 Å². The van der Waals surface area contributed by atoms with E-state index < -0.39 is 17.6 Å². The summed E-state index contributed by atoms with van der Waals surface area (Å²) in [7, 11) is 0. The van der Waals surface area contributed by atoms with E-state index in [1.54, 1.807) is 29.4 Å². The highest BCUT2D eigenvalue weighted by Gasteiger charge is 2.36. The van der Waals surface area contributed by atoms with Gasteiger partial charge >= 0.3 is 0 Å². The number of nitrogens with zero attached hydrogens (tertiary/aromatic N) is 3. The predicted octanol–water partition coefficient (Wildman–Crippen LogP) is 2.13. The van der Waals surface area contributed by atoms with Crippen LogP contribution in [0.15, 0.2) is 42.7 Å². The molecule has 0 saturated carbocycles.